The van der Waals surface area contributed by atoms with E-state index in [1.165, 1.54) is 12.1 Å². The summed E-state index contributed by atoms with van der Waals surface area (Å²) in [6.07, 6.45) is -5.74. The highest BCUT2D eigenvalue weighted by Gasteiger charge is 2.30. The SMILES string of the molecule is NC(=NCC(O)COc1cccc(Cl)c1Cl)Nc1ccc(OC(F)(F)F)cc1. The molecule has 2 rings (SSSR count). The molecule has 28 heavy (non-hydrogen) atoms. The van der Waals surface area contributed by atoms with Crippen LogP contribution in [0.1, 0.15) is 0 Å². The standard InChI is InChI=1S/C17H16Cl2F3N3O3/c18-13-2-1-3-14(15(13)19)27-9-11(26)8-24-16(23)25-10-4-6-12(7-5-10)28-17(20,21)22/h1-7,11,26H,8-9H2,(H3,23,24,25). The molecular weight excluding hydrogens is 422 g/mol. The maximum atomic E-state index is 12.1. The largest absolute Gasteiger partial charge is 0.573 e. The highest BCUT2D eigenvalue weighted by molar-refractivity contribution is 6.42. The second-order valence-corrected chi connectivity index (χ2v) is 6.23. The van der Waals surface area contributed by atoms with Crippen molar-refractivity contribution >= 4 is 34.8 Å². The van der Waals surface area contributed by atoms with Gasteiger partial charge in [-0.05, 0) is 36.4 Å². The summed E-state index contributed by atoms with van der Waals surface area (Å²) in [6.45, 7) is -0.174. The van der Waals surface area contributed by atoms with Gasteiger partial charge in [0.15, 0.2) is 5.96 Å². The minimum Gasteiger partial charge on any atom is -0.489 e. The molecular formula is C17H16Cl2F3N3O3. The average Bonchev–Trinajstić information content (AvgIpc) is 2.61. The van der Waals surface area contributed by atoms with E-state index in [1.54, 1.807) is 18.2 Å². The lowest BCUT2D eigenvalue weighted by Gasteiger charge is -2.13. The molecule has 0 saturated heterocycles. The number of nitrogens with two attached hydrogens (primary N) is 1. The summed E-state index contributed by atoms with van der Waals surface area (Å²) in [5.74, 6) is -0.0745. The molecule has 2 aromatic rings. The monoisotopic (exact) mass is 437 g/mol. The molecule has 0 fully saturated rings. The highest BCUT2D eigenvalue weighted by Crippen LogP contribution is 2.31. The fourth-order valence-corrected chi connectivity index (χ4v) is 2.31. The molecule has 0 aliphatic rings. The van der Waals surface area contributed by atoms with Crippen LogP contribution in [-0.4, -0.2) is 36.7 Å². The molecule has 0 bridgehead atoms. The Morgan fingerprint density at radius 1 is 1.18 bits per heavy atom. The number of nitrogens with zero attached hydrogens (tertiary/aromatic N) is 1. The molecule has 0 aliphatic carbocycles. The molecule has 6 nitrogen and oxygen atoms in total. The number of aliphatic imine (C=N–C) groups is 1. The minimum atomic E-state index is -4.76. The van der Waals surface area contributed by atoms with Crippen LogP contribution in [0.2, 0.25) is 10.0 Å². The third kappa shape index (κ3) is 7.34. The van der Waals surface area contributed by atoms with Crippen LogP contribution in [0, 0.1) is 0 Å². The van der Waals surface area contributed by atoms with Gasteiger partial charge in [0.25, 0.3) is 0 Å². The summed E-state index contributed by atoms with van der Waals surface area (Å²) < 4.78 is 45.5. The van der Waals surface area contributed by atoms with E-state index in [2.05, 4.69) is 15.0 Å². The number of ether oxygens (including phenoxy) is 2. The lowest BCUT2D eigenvalue weighted by atomic mass is 10.3. The molecule has 1 unspecified atom stereocenters. The topological polar surface area (TPSA) is 89.1 Å². The molecule has 0 heterocycles. The first-order valence-corrected chi connectivity index (χ1v) is 8.57. The van der Waals surface area contributed by atoms with Gasteiger partial charge in [-0.3, -0.25) is 4.99 Å². The predicted molar refractivity (Wildman–Crippen MR) is 101 cm³/mol. The van der Waals surface area contributed by atoms with E-state index in [0.717, 1.165) is 12.1 Å². The second kappa shape index (κ2) is 9.72. The minimum absolute atomic E-state index is 0.0377. The number of aliphatic hydroxyl groups is 1. The number of hydrogen-bond acceptors (Lipinski definition) is 4. The van der Waals surface area contributed by atoms with Gasteiger partial charge in [-0.15, -0.1) is 13.2 Å². The van der Waals surface area contributed by atoms with E-state index in [1.807, 2.05) is 0 Å². The van der Waals surface area contributed by atoms with Gasteiger partial charge in [-0.2, -0.15) is 0 Å². The van der Waals surface area contributed by atoms with Crippen molar-refractivity contribution < 1.29 is 27.8 Å². The molecule has 0 aliphatic heterocycles. The van der Waals surface area contributed by atoms with Crippen LogP contribution in [0.3, 0.4) is 0 Å². The van der Waals surface area contributed by atoms with Gasteiger partial charge in [0, 0.05) is 5.69 Å². The quantitative estimate of drug-likeness (QED) is 0.448. The van der Waals surface area contributed by atoms with Gasteiger partial charge in [-0.1, -0.05) is 29.3 Å². The van der Waals surface area contributed by atoms with Crippen molar-refractivity contribution in [3.05, 3.63) is 52.5 Å². The first-order chi connectivity index (χ1) is 13.1. The highest BCUT2D eigenvalue weighted by atomic mass is 35.5. The molecule has 4 N–H and O–H groups in total. The maximum absolute atomic E-state index is 12.1. The molecule has 0 radical (unpaired) electrons. The van der Waals surface area contributed by atoms with E-state index >= 15 is 0 Å². The summed E-state index contributed by atoms with van der Waals surface area (Å²) in [5, 5.41) is 13.2. The summed E-state index contributed by atoms with van der Waals surface area (Å²) in [7, 11) is 0. The fourth-order valence-electron chi connectivity index (χ4n) is 1.97. The number of aliphatic hydroxyl groups excluding tert-OH is 1. The number of benzene rings is 2. The van der Waals surface area contributed by atoms with Crippen LogP contribution in [0.15, 0.2) is 47.5 Å². The maximum Gasteiger partial charge on any atom is 0.573 e. The van der Waals surface area contributed by atoms with Crippen LogP contribution in [0.4, 0.5) is 18.9 Å². The Labute approximate surface area is 168 Å². The van der Waals surface area contributed by atoms with Crippen molar-refractivity contribution in [2.75, 3.05) is 18.5 Å². The number of anilines is 1. The Morgan fingerprint density at radius 3 is 2.50 bits per heavy atom. The first-order valence-electron chi connectivity index (χ1n) is 7.81. The van der Waals surface area contributed by atoms with Gasteiger partial charge < -0.3 is 25.6 Å². The van der Waals surface area contributed by atoms with Crippen molar-refractivity contribution in [2.24, 2.45) is 10.7 Å². The molecule has 11 heteroatoms. The Hall–Kier alpha value is -2.36. The Bertz CT molecular complexity index is 818. The smallest absolute Gasteiger partial charge is 0.489 e. The van der Waals surface area contributed by atoms with Gasteiger partial charge in [0.2, 0.25) is 0 Å². The fraction of sp³-hybridized carbons (Fsp3) is 0.235. The number of halogens is 5. The summed E-state index contributed by atoms with van der Waals surface area (Å²) in [4.78, 5) is 3.94. The van der Waals surface area contributed by atoms with Crippen molar-refractivity contribution in [3.8, 4) is 11.5 Å². The summed E-state index contributed by atoms with van der Waals surface area (Å²) in [6, 6.07) is 9.79. The summed E-state index contributed by atoms with van der Waals surface area (Å²) in [5.41, 5.74) is 6.08. The van der Waals surface area contributed by atoms with Gasteiger partial charge in [0.05, 0.1) is 11.6 Å². The third-order valence-corrected chi connectivity index (χ3v) is 3.98. The van der Waals surface area contributed by atoms with Crippen LogP contribution >= 0.6 is 23.2 Å². The zero-order valence-electron chi connectivity index (χ0n) is 14.2. The Balaban J connectivity index is 1.82. The average molecular weight is 438 g/mol. The van der Waals surface area contributed by atoms with E-state index in [-0.39, 0.29) is 29.9 Å². The lowest BCUT2D eigenvalue weighted by molar-refractivity contribution is -0.274. The number of guanidine groups is 1. The molecule has 0 saturated carbocycles. The molecule has 1 atom stereocenters. The van der Waals surface area contributed by atoms with Crippen LogP contribution in [-0.2, 0) is 0 Å². The van der Waals surface area contributed by atoms with E-state index in [4.69, 9.17) is 33.7 Å². The number of hydrogen-bond donors (Lipinski definition) is 3. The van der Waals surface area contributed by atoms with Crippen LogP contribution < -0.4 is 20.5 Å². The van der Waals surface area contributed by atoms with Crippen LogP contribution in [0.5, 0.6) is 11.5 Å². The molecule has 0 amide bonds. The Morgan fingerprint density at radius 2 is 1.86 bits per heavy atom. The third-order valence-electron chi connectivity index (χ3n) is 3.18. The molecule has 2 aromatic carbocycles. The van der Waals surface area contributed by atoms with Crippen LogP contribution in [0.25, 0.3) is 0 Å². The lowest BCUT2D eigenvalue weighted by Crippen LogP contribution is -2.27. The first kappa shape index (κ1) is 21.9. The van der Waals surface area contributed by atoms with E-state index in [0.29, 0.717) is 16.5 Å². The van der Waals surface area contributed by atoms with Crippen molar-refractivity contribution in [1.82, 2.24) is 0 Å². The zero-order valence-corrected chi connectivity index (χ0v) is 15.7. The zero-order chi connectivity index (χ0) is 20.7. The van der Waals surface area contributed by atoms with Crippen molar-refractivity contribution in [3.63, 3.8) is 0 Å². The van der Waals surface area contributed by atoms with Crippen molar-refractivity contribution in [2.45, 2.75) is 12.5 Å². The normalized spacial score (nSPS) is 13.1. The number of alkyl halides is 3. The molecule has 152 valence electrons. The number of rotatable bonds is 7. The van der Waals surface area contributed by atoms with Gasteiger partial charge in [-0.25, -0.2) is 0 Å². The number of nitrogens with one attached hydrogen (secondary N) is 1. The van der Waals surface area contributed by atoms with Gasteiger partial charge in [0.1, 0.15) is 29.2 Å². The second-order valence-electron chi connectivity index (χ2n) is 5.44. The molecule has 0 spiro atoms. The van der Waals surface area contributed by atoms with E-state index < -0.39 is 12.5 Å². The van der Waals surface area contributed by atoms with Crippen molar-refractivity contribution in [1.29, 1.82) is 0 Å². The van der Waals surface area contributed by atoms with Gasteiger partial charge >= 0.3 is 6.36 Å². The summed E-state index contributed by atoms with van der Waals surface area (Å²) >= 11 is 11.8. The molecule has 0 aromatic heterocycles. The van der Waals surface area contributed by atoms with E-state index in [9.17, 15) is 18.3 Å². The Kier molecular flexibility index (Phi) is 7.61. The predicted octanol–water partition coefficient (Wildman–Crippen LogP) is 4.06.